The molecule has 9 heteroatoms. The molecule has 2 N–H and O–H groups in total. The number of nitrogens with two attached hydrogens (primary N) is 1. The molecular formula is C17H28Cl3N3O3. The normalized spacial score (nSPS) is 14.6. The monoisotopic (exact) mass is 427 g/mol. The van der Waals surface area contributed by atoms with Gasteiger partial charge in [0.2, 0.25) is 0 Å². The molecule has 0 spiro atoms. The molecule has 0 aliphatic carbocycles. The Labute approximate surface area is 172 Å². The summed E-state index contributed by atoms with van der Waals surface area (Å²) in [5.41, 5.74) is 6.63. The summed E-state index contributed by atoms with van der Waals surface area (Å²) in [6.07, 6.45) is 0.246. The molecule has 0 atom stereocenters. The van der Waals surface area contributed by atoms with Crippen molar-refractivity contribution in [2.75, 3.05) is 52.2 Å². The van der Waals surface area contributed by atoms with E-state index in [2.05, 4.69) is 4.90 Å². The Balaban J connectivity index is 0.00000312. The molecule has 150 valence electrons. The smallest absolute Gasteiger partial charge is 0.257 e. The number of rotatable bonds is 6. The summed E-state index contributed by atoms with van der Waals surface area (Å²) in [6.45, 7) is 8.67. The molecule has 1 aromatic rings. The first-order chi connectivity index (χ1) is 11.4. The van der Waals surface area contributed by atoms with Gasteiger partial charge in [-0.1, -0.05) is 11.6 Å². The van der Waals surface area contributed by atoms with E-state index in [4.69, 9.17) is 26.8 Å². The Morgan fingerprint density at radius 1 is 1.23 bits per heavy atom. The molecule has 1 heterocycles. The van der Waals surface area contributed by atoms with Gasteiger partial charge in [-0.25, -0.2) is 0 Å². The molecule has 1 saturated heterocycles. The van der Waals surface area contributed by atoms with Crippen molar-refractivity contribution in [3.8, 4) is 5.75 Å². The van der Waals surface area contributed by atoms with Gasteiger partial charge in [-0.15, -0.1) is 24.8 Å². The van der Waals surface area contributed by atoms with E-state index in [1.54, 1.807) is 12.1 Å². The molecule has 1 aliphatic rings. The molecular weight excluding hydrogens is 401 g/mol. The van der Waals surface area contributed by atoms with Crippen LogP contribution in [0.2, 0.25) is 5.02 Å². The summed E-state index contributed by atoms with van der Waals surface area (Å²) in [5, 5.41) is 0.364. The second-order valence-corrected chi connectivity index (χ2v) is 6.53. The number of halogens is 3. The van der Waals surface area contributed by atoms with Crippen molar-refractivity contribution < 1.29 is 14.3 Å². The lowest BCUT2D eigenvalue weighted by molar-refractivity contribution is 0.0406. The lowest BCUT2D eigenvalue weighted by atomic mass is 10.1. The highest BCUT2D eigenvalue weighted by molar-refractivity contribution is 6.33. The number of amides is 1. The first-order valence-electron chi connectivity index (χ1n) is 8.18. The second-order valence-electron chi connectivity index (χ2n) is 6.13. The fraction of sp³-hybridized carbons (Fsp3) is 0.588. The Morgan fingerprint density at radius 3 is 2.38 bits per heavy atom. The van der Waals surface area contributed by atoms with Gasteiger partial charge in [0.05, 0.1) is 36.1 Å². The summed E-state index contributed by atoms with van der Waals surface area (Å²) < 4.78 is 10.9. The average molecular weight is 429 g/mol. The predicted octanol–water partition coefficient (Wildman–Crippen LogP) is 2.96. The molecule has 1 amide bonds. The van der Waals surface area contributed by atoms with Crippen LogP contribution in [-0.2, 0) is 4.74 Å². The van der Waals surface area contributed by atoms with Crippen molar-refractivity contribution in [3.05, 3.63) is 22.7 Å². The molecule has 2 rings (SSSR count). The molecule has 0 saturated carbocycles. The Kier molecular flexibility index (Phi) is 11.3. The van der Waals surface area contributed by atoms with Crippen LogP contribution in [0.15, 0.2) is 12.1 Å². The standard InChI is InChI=1S/C17H26ClN3O3.2ClH/c1-12(2)24-9-8-20-4-6-21(7-5-20)17(22)13-10-14(18)15(19)11-16(13)23-3;;/h10-12H,4-9,19H2,1-3H3;2*1H. The zero-order valence-electron chi connectivity index (χ0n) is 15.4. The molecule has 1 aliphatic heterocycles. The number of hydrogen-bond donors (Lipinski definition) is 1. The molecule has 0 unspecified atom stereocenters. The summed E-state index contributed by atoms with van der Waals surface area (Å²) in [7, 11) is 1.52. The Hall–Kier alpha value is -0.920. The number of carbonyl (C=O) groups is 1. The van der Waals surface area contributed by atoms with Crippen molar-refractivity contribution in [2.45, 2.75) is 20.0 Å². The minimum atomic E-state index is -0.0770. The molecule has 26 heavy (non-hydrogen) atoms. The van der Waals surface area contributed by atoms with Gasteiger partial charge in [-0.2, -0.15) is 0 Å². The third-order valence-electron chi connectivity index (χ3n) is 4.07. The van der Waals surface area contributed by atoms with E-state index in [9.17, 15) is 4.79 Å². The van der Waals surface area contributed by atoms with Gasteiger partial charge in [0.15, 0.2) is 0 Å². The van der Waals surface area contributed by atoms with Crippen molar-refractivity contribution >= 4 is 48.0 Å². The van der Waals surface area contributed by atoms with E-state index >= 15 is 0 Å². The highest BCUT2D eigenvalue weighted by Gasteiger charge is 2.25. The van der Waals surface area contributed by atoms with Crippen LogP contribution in [-0.4, -0.2) is 68.3 Å². The highest BCUT2D eigenvalue weighted by Crippen LogP contribution is 2.30. The lowest BCUT2D eigenvalue weighted by Gasteiger charge is -2.35. The number of nitrogens with zero attached hydrogens (tertiary/aromatic N) is 2. The van der Waals surface area contributed by atoms with Crippen molar-refractivity contribution in [3.63, 3.8) is 0 Å². The van der Waals surface area contributed by atoms with Gasteiger partial charge < -0.3 is 20.1 Å². The average Bonchev–Trinajstić information content (AvgIpc) is 2.56. The number of methoxy groups -OCH3 is 1. The summed E-state index contributed by atoms with van der Waals surface area (Å²) >= 11 is 6.06. The first kappa shape index (κ1) is 25.1. The first-order valence-corrected chi connectivity index (χ1v) is 8.56. The Morgan fingerprint density at radius 2 is 1.85 bits per heavy atom. The summed E-state index contributed by atoms with van der Waals surface area (Å²) in [6, 6.07) is 3.18. The van der Waals surface area contributed by atoms with Crippen LogP contribution in [0.4, 0.5) is 5.69 Å². The van der Waals surface area contributed by atoms with E-state index in [1.165, 1.54) is 7.11 Å². The minimum absolute atomic E-state index is 0. The maximum absolute atomic E-state index is 12.8. The summed E-state index contributed by atoms with van der Waals surface area (Å²) in [5.74, 6) is 0.376. The van der Waals surface area contributed by atoms with E-state index in [1.807, 2.05) is 18.7 Å². The fourth-order valence-electron chi connectivity index (χ4n) is 2.67. The van der Waals surface area contributed by atoms with Gasteiger partial charge >= 0.3 is 0 Å². The molecule has 6 nitrogen and oxygen atoms in total. The van der Waals surface area contributed by atoms with Crippen LogP contribution in [0, 0.1) is 0 Å². The van der Waals surface area contributed by atoms with E-state index in [0.29, 0.717) is 41.7 Å². The zero-order chi connectivity index (χ0) is 17.7. The number of benzene rings is 1. The number of ether oxygens (including phenoxy) is 2. The SMILES string of the molecule is COc1cc(N)c(Cl)cc1C(=O)N1CCN(CCOC(C)C)CC1.Cl.Cl. The third kappa shape index (κ3) is 6.67. The zero-order valence-corrected chi connectivity index (χ0v) is 17.8. The molecule has 0 aromatic heterocycles. The number of anilines is 1. The Bertz CT molecular complexity index is 580. The van der Waals surface area contributed by atoms with Gasteiger partial charge in [-0.05, 0) is 19.9 Å². The topological polar surface area (TPSA) is 68.0 Å². The van der Waals surface area contributed by atoms with Gasteiger partial charge in [0.1, 0.15) is 5.75 Å². The van der Waals surface area contributed by atoms with Crippen LogP contribution in [0.3, 0.4) is 0 Å². The van der Waals surface area contributed by atoms with E-state index < -0.39 is 0 Å². The lowest BCUT2D eigenvalue weighted by Crippen LogP contribution is -2.49. The maximum atomic E-state index is 12.8. The van der Waals surface area contributed by atoms with Crippen LogP contribution >= 0.6 is 36.4 Å². The van der Waals surface area contributed by atoms with Crippen LogP contribution in [0.25, 0.3) is 0 Å². The van der Waals surface area contributed by atoms with Gasteiger partial charge in [0.25, 0.3) is 5.91 Å². The van der Waals surface area contributed by atoms with Gasteiger partial charge in [0, 0.05) is 38.8 Å². The van der Waals surface area contributed by atoms with Crippen molar-refractivity contribution in [1.82, 2.24) is 9.80 Å². The number of carbonyl (C=O) groups excluding carboxylic acids is 1. The van der Waals surface area contributed by atoms with E-state index in [0.717, 1.165) is 19.6 Å². The highest BCUT2D eigenvalue weighted by atomic mass is 35.5. The van der Waals surface area contributed by atoms with Crippen molar-refractivity contribution in [1.29, 1.82) is 0 Å². The summed E-state index contributed by atoms with van der Waals surface area (Å²) in [4.78, 5) is 16.9. The third-order valence-corrected chi connectivity index (χ3v) is 4.39. The molecule has 1 aromatic carbocycles. The number of hydrogen-bond acceptors (Lipinski definition) is 5. The molecule has 1 fully saturated rings. The van der Waals surface area contributed by atoms with Gasteiger partial charge in [-0.3, -0.25) is 9.69 Å². The van der Waals surface area contributed by atoms with Crippen LogP contribution < -0.4 is 10.5 Å². The van der Waals surface area contributed by atoms with Crippen molar-refractivity contribution in [2.24, 2.45) is 0 Å². The fourth-order valence-corrected chi connectivity index (χ4v) is 2.83. The largest absolute Gasteiger partial charge is 0.496 e. The van der Waals surface area contributed by atoms with Crippen LogP contribution in [0.5, 0.6) is 5.75 Å². The quantitative estimate of drug-likeness (QED) is 0.706. The second kappa shape index (κ2) is 11.7. The van der Waals surface area contributed by atoms with E-state index in [-0.39, 0.29) is 36.8 Å². The molecule has 0 radical (unpaired) electrons. The number of piperazine rings is 1. The predicted molar refractivity (Wildman–Crippen MR) is 110 cm³/mol. The van der Waals surface area contributed by atoms with Crippen LogP contribution in [0.1, 0.15) is 24.2 Å². The maximum Gasteiger partial charge on any atom is 0.257 e. The number of nitrogen functional groups attached to an aromatic ring is 1. The molecule has 0 bridgehead atoms. The minimum Gasteiger partial charge on any atom is -0.496 e.